The Labute approximate surface area is 127 Å². The average Bonchev–Trinajstić information content (AvgIpc) is 2.56. The summed E-state index contributed by atoms with van der Waals surface area (Å²) in [6, 6.07) is -0.428. The Balaban J connectivity index is 2.02. The fourth-order valence-corrected chi connectivity index (χ4v) is 3.25. The van der Waals surface area contributed by atoms with Gasteiger partial charge in [0.25, 0.3) is 0 Å². The Kier molecular flexibility index (Phi) is 5.59. The third-order valence-electron chi connectivity index (χ3n) is 4.52. The summed E-state index contributed by atoms with van der Waals surface area (Å²) < 4.78 is 0. The van der Waals surface area contributed by atoms with Gasteiger partial charge in [0.1, 0.15) is 0 Å². The van der Waals surface area contributed by atoms with Crippen LogP contribution in [-0.4, -0.2) is 34.7 Å². The molecule has 2 rings (SSSR count). The first-order chi connectivity index (χ1) is 10.1. The Hall–Kier alpha value is -1.58. The van der Waals surface area contributed by atoms with Gasteiger partial charge in [0.15, 0.2) is 5.78 Å². The van der Waals surface area contributed by atoms with Crippen LogP contribution in [0.25, 0.3) is 0 Å². The molecule has 116 valence electrons. The number of rotatable bonds is 4. The van der Waals surface area contributed by atoms with Gasteiger partial charge in [-0.1, -0.05) is 38.3 Å². The maximum absolute atomic E-state index is 12.7. The number of urea groups is 1. The number of likely N-dealkylation sites (N-methyl/N-ethyl adjacent to an activating group) is 1. The average molecular weight is 290 g/mol. The van der Waals surface area contributed by atoms with E-state index < -0.39 is 0 Å². The fraction of sp³-hybridized carbons (Fsp3) is 0.647. The third-order valence-corrected chi connectivity index (χ3v) is 4.52. The zero-order valence-electron chi connectivity index (χ0n) is 13.1. The molecule has 0 aromatic rings. The molecule has 1 atom stereocenters. The van der Waals surface area contributed by atoms with Gasteiger partial charge >= 0.3 is 6.03 Å². The second kappa shape index (κ2) is 7.43. The number of ketones is 1. The lowest BCUT2D eigenvalue weighted by Crippen LogP contribution is -2.48. The molecular formula is C17H26N2O2. The maximum Gasteiger partial charge on any atom is 0.328 e. The molecule has 2 amide bonds. The number of nitrogens with zero attached hydrogens (tertiary/aromatic N) is 2. The van der Waals surface area contributed by atoms with Crippen LogP contribution >= 0.6 is 0 Å². The van der Waals surface area contributed by atoms with E-state index >= 15 is 0 Å². The van der Waals surface area contributed by atoms with E-state index in [1.165, 1.54) is 6.42 Å². The molecular weight excluding hydrogens is 264 g/mol. The van der Waals surface area contributed by atoms with Gasteiger partial charge in [-0.25, -0.2) is 4.79 Å². The van der Waals surface area contributed by atoms with E-state index in [0.717, 1.165) is 32.1 Å². The van der Waals surface area contributed by atoms with Crippen molar-refractivity contribution in [1.29, 1.82) is 0 Å². The number of amides is 2. The molecule has 2 aliphatic rings. The van der Waals surface area contributed by atoms with Crippen LogP contribution in [0.4, 0.5) is 4.79 Å². The second-order valence-electron chi connectivity index (χ2n) is 5.97. The Bertz CT molecular complexity index is 424. The number of hydrogen-bond acceptors (Lipinski definition) is 2. The Morgan fingerprint density at radius 3 is 2.38 bits per heavy atom. The minimum atomic E-state index is -0.302. The van der Waals surface area contributed by atoms with Crippen LogP contribution in [-0.2, 0) is 4.79 Å². The molecule has 1 aliphatic heterocycles. The summed E-state index contributed by atoms with van der Waals surface area (Å²) in [5.41, 5.74) is 0. The molecule has 0 spiro atoms. The molecule has 1 aliphatic carbocycles. The van der Waals surface area contributed by atoms with E-state index in [2.05, 4.69) is 0 Å². The first-order valence-electron chi connectivity index (χ1n) is 8.07. The first kappa shape index (κ1) is 15.8. The van der Waals surface area contributed by atoms with Crippen molar-refractivity contribution in [3.05, 3.63) is 24.6 Å². The quantitative estimate of drug-likeness (QED) is 0.792. The number of Topliss-reactive ketones (excluding diaryl/α,β-unsaturated/α-hetero) is 1. The largest absolute Gasteiger partial charge is 0.328 e. The molecule has 4 heteroatoms. The molecule has 1 unspecified atom stereocenters. The number of allylic oxidation sites excluding steroid dienone is 2. The normalized spacial score (nSPS) is 20.4. The van der Waals surface area contributed by atoms with Gasteiger partial charge in [-0.15, -0.1) is 0 Å². The Morgan fingerprint density at radius 2 is 1.81 bits per heavy atom. The van der Waals surface area contributed by atoms with Gasteiger partial charge in [0, 0.05) is 25.4 Å². The monoisotopic (exact) mass is 290 g/mol. The van der Waals surface area contributed by atoms with Crippen LogP contribution < -0.4 is 0 Å². The summed E-state index contributed by atoms with van der Waals surface area (Å²) in [6.07, 6.45) is 14.5. The summed E-state index contributed by atoms with van der Waals surface area (Å²) in [6.45, 7) is 1.98. The maximum atomic E-state index is 12.7. The summed E-state index contributed by atoms with van der Waals surface area (Å²) >= 11 is 0. The smallest absolute Gasteiger partial charge is 0.317 e. The lowest BCUT2D eigenvalue weighted by molar-refractivity contribution is -0.128. The van der Waals surface area contributed by atoms with Crippen LogP contribution in [0.15, 0.2) is 24.6 Å². The van der Waals surface area contributed by atoms with Gasteiger partial charge in [-0.2, -0.15) is 0 Å². The molecule has 0 N–H and O–H groups in total. The molecule has 1 fully saturated rings. The molecule has 0 radical (unpaired) electrons. The van der Waals surface area contributed by atoms with Crippen molar-refractivity contribution in [3.8, 4) is 0 Å². The van der Waals surface area contributed by atoms with Crippen LogP contribution in [0.3, 0.4) is 0 Å². The molecule has 4 nitrogen and oxygen atoms in total. The standard InChI is InChI=1S/C17H26N2O2/c1-3-15(16(20)14-10-6-4-7-11-14)18(2)17(21)19-12-8-5-9-13-19/h8-9,12-15H,3-7,10-11H2,1-2H3. The Morgan fingerprint density at radius 1 is 1.19 bits per heavy atom. The second-order valence-corrected chi connectivity index (χ2v) is 5.97. The van der Waals surface area contributed by atoms with Crippen LogP contribution in [0.2, 0.25) is 0 Å². The van der Waals surface area contributed by atoms with Crippen molar-refractivity contribution in [2.24, 2.45) is 5.92 Å². The highest BCUT2D eigenvalue weighted by molar-refractivity contribution is 5.90. The minimum absolute atomic E-state index is 0.127. The van der Waals surface area contributed by atoms with E-state index in [9.17, 15) is 9.59 Å². The highest BCUT2D eigenvalue weighted by Gasteiger charge is 2.32. The predicted octanol–water partition coefficient (Wildman–Crippen LogP) is 3.70. The molecule has 0 saturated heterocycles. The van der Waals surface area contributed by atoms with E-state index in [1.807, 2.05) is 19.1 Å². The van der Waals surface area contributed by atoms with E-state index in [1.54, 1.807) is 29.2 Å². The SMILES string of the molecule is CCC(C(=O)C1CCCCC1)N(C)C(=O)N1C=CCC=C1. The van der Waals surface area contributed by atoms with E-state index in [-0.39, 0.29) is 23.8 Å². The predicted molar refractivity (Wildman–Crippen MR) is 83.6 cm³/mol. The first-order valence-corrected chi connectivity index (χ1v) is 8.07. The van der Waals surface area contributed by atoms with E-state index in [4.69, 9.17) is 0 Å². The molecule has 1 heterocycles. The minimum Gasteiger partial charge on any atom is -0.317 e. The van der Waals surface area contributed by atoms with Crippen molar-refractivity contribution in [2.75, 3.05) is 7.05 Å². The molecule has 0 aromatic heterocycles. The lowest BCUT2D eigenvalue weighted by Gasteiger charge is -2.33. The van der Waals surface area contributed by atoms with Crippen molar-refractivity contribution in [3.63, 3.8) is 0 Å². The van der Waals surface area contributed by atoms with Gasteiger partial charge in [0.2, 0.25) is 0 Å². The van der Waals surface area contributed by atoms with Gasteiger partial charge in [0.05, 0.1) is 6.04 Å². The van der Waals surface area contributed by atoms with Gasteiger partial charge in [-0.05, 0) is 25.7 Å². The highest BCUT2D eigenvalue weighted by Crippen LogP contribution is 2.27. The van der Waals surface area contributed by atoms with E-state index in [0.29, 0.717) is 6.42 Å². The summed E-state index contributed by atoms with van der Waals surface area (Å²) in [7, 11) is 1.74. The van der Waals surface area contributed by atoms with Crippen LogP contribution in [0.5, 0.6) is 0 Å². The molecule has 1 saturated carbocycles. The highest BCUT2D eigenvalue weighted by atomic mass is 16.2. The molecule has 0 aromatic carbocycles. The summed E-state index contributed by atoms with van der Waals surface area (Å²) in [5, 5.41) is 0. The van der Waals surface area contributed by atoms with Crippen molar-refractivity contribution >= 4 is 11.8 Å². The molecule has 0 bridgehead atoms. The summed E-state index contributed by atoms with van der Waals surface area (Å²) in [4.78, 5) is 28.4. The van der Waals surface area contributed by atoms with Gasteiger partial charge in [-0.3, -0.25) is 9.69 Å². The van der Waals surface area contributed by atoms with Crippen LogP contribution in [0, 0.1) is 5.92 Å². The number of hydrogen-bond donors (Lipinski definition) is 0. The zero-order chi connectivity index (χ0) is 15.2. The third kappa shape index (κ3) is 3.74. The summed E-state index contributed by atoms with van der Waals surface area (Å²) in [5.74, 6) is 0.393. The molecule has 21 heavy (non-hydrogen) atoms. The number of carbonyl (C=O) groups excluding carboxylic acids is 2. The van der Waals surface area contributed by atoms with Gasteiger partial charge < -0.3 is 4.90 Å². The van der Waals surface area contributed by atoms with Crippen molar-refractivity contribution < 1.29 is 9.59 Å². The topological polar surface area (TPSA) is 40.6 Å². The lowest BCUT2D eigenvalue weighted by atomic mass is 9.83. The number of carbonyl (C=O) groups is 2. The zero-order valence-corrected chi connectivity index (χ0v) is 13.1. The van der Waals surface area contributed by atoms with Crippen LogP contribution in [0.1, 0.15) is 51.9 Å². The van der Waals surface area contributed by atoms with Crippen molar-refractivity contribution in [1.82, 2.24) is 9.80 Å². The fourth-order valence-electron chi connectivity index (χ4n) is 3.25. The van der Waals surface area contributed by atoms with Crippen molar-refractivity contribution in [2.45, 2.75) is 57.9 Å².